The van der Waals surface area contributed by atoms with Crippen molar-refractivity contribution in [1.29, 1.82) is 0 Å². The SMILES string of the molecule is O=S(=O)(c1ccc(Nc2ccnc3cc(Cl)ccc23)cc1)N1CCN(S(=O)(=O)c2ccc(F)c(Br)c2)CC1. The minimum atomic E-state index is -3.89. The number of anilines is 2. The van der Waals surface area contributed by atoms with Gasteiger partial charge in [0.25, 0.3) is 0 Å². The highest BCUT2D eigenvalue weighted by molar-refractivity contribution is 9.10. The first-order valence-corrected chi connectivity index (χ1v) is 15.5. The first-order chi connectivity index (χ1) is 18.1. The summed E-state index contributed by atoms with van der Waals surface area (Å²) in [5.74, 6) is -0.569. The fraction of sp³-hybridized carbons (Fsp3) is 0.160. The highest BCUT2D eigenvalue weighted by atomic mass is 79.9. The Morgan fingerprint density at radius 1 is 0.816 bits per heavy atom. The predicted octanol–water partition coefficient (Wildman–Crippen LogP) is 5.23. The predicted molar refractivity (Wildman–Crippen MR) is 148 cm³/mol. The van der Waals surface area contributed by atoms with Crippen LogP contribution in [0, 0.1) is 5.82 Å². The Hall–Kier alpha value is -2.61. The van der Waals surface area contributed by atoms with E-state index in [0.717, 1.165) is 22.7 Å². The lowest BCUT2D eigenvalue weighted by molar-refractivity contribution is 0.273. The molecule has 5 rings (SSSR count). The fourth-order valence-corrected chi connectivity index (χ4v) is 7.75. The molecule has 1 aromatic heterocycles. The second-order valence-electron chi connectivity index (χ2n) is 8.55. The van der Waals surface area contributed by atoms with E-state index in [4.69, 9.17) is 11.6 Å². The third kappa shape index (κ3) is 5.29. The average Bonchev–Trinajstić information content (AvgIpc) is 2.90. The summed E-state index contributed by atoms with van der Waals surface area (Å²) in [6, 6.07) is 17.0. The van der Waals surface area contributed by atoms with Gasteiger partial charge in [-0.15, -0.1) is 0 Å². The number of aromatic nitrogens is 1. The van der Waals surface area contributed by atoms with E-state index >= 15 is 0 Å². The number of halogens is 3. The molecule has 13 heteroatoms. The largest absolute Gasteiger partial charge is 0.355 e. The molecule has 2 heterocycles. The molecule has 0 spiro atoms. The van der Waals surface area contributed by atoms with Crippen molar-refractivity contribution in [2.75, 3.05) is 31.5 Å². The van der Waals surface area contributed by atoms with E-state index in [2.05, 4.69) is 26.2 Å². The number of pyridine rings is 1. The van der Waals surface area contributed by atoms with Crippen molar-refractivity contribution in [3.8, 4) is 0 Å². The molecule has 0 radical (unpaired) electrons. The van der Waals surface area contributed by atoms with Crippen LogP contribution in [-0.4, -0.2) is 56.6 Å². The highest BCUT2D eigenvalue weighted by Gasteiger charge is 2.34. The summed E-state index contributed by atoms with van der Waals surface area (Å²) in [6.45, 7) is -0.0460. The Balaban J connectivity index is 1.28. The summed E-state index contributed by atoms with van der Waals surface area (Å²) in [5.41, 5.74) is 2.22. The minimum absolute atomic E-state index is 0.00447. The van der Waals surface area contributed by atoms with Crippen LogP contribution in [-0.2, 0) is 20.0 Å². The molecule has 1 N–H and O–H groups in total. The maximum absolute atomic E-state index is 13.5. The average molecular weight is 640 g/mol. The lowest BCUT2D eigenvalue weighted by Crippen LogP contribution is -2.50. The highest BCUT2D eigenvalue weighted by Crippen LogP contribution is 2.29. The number of rotatable bonds is 6. The van der Waals surface area contributed by atoms with Gasteiger partial charge in [-0.3, -0.25) is 4.98 Å². The molecule has 0 saturated carbocycles. The van der Waals surface area contributed by atoms with Crippen LogP contribution in [0.25, 0.3) is 10.9 Å². The van der Waals surface area contributed by atoms with Gasteiger partial charge >= 0.3 is 0 Å². The van der Waals surface area contributed by atoms with Crippen molar-refractivity contribution in [2.24, 2.45) is 0 Å². The number of fused-ring (bicyclic) bond motifs is 1. The minimum Gasteiger partial charge on any atom is -0.355 e. The van der Waals surface area contributed by atoms with Gasteiger partial charge in [0, 0.05) is 54.2 Å². The van der Waals surface area contributed by atoms with Gasteiger partial charge in [-0.25, -0.2) is 21.2 Å². The summed E-state index contributed by atoms with van der Waals surface area (Å²) in [6.07, 6.45) is 1.66. The molecule has 1 fully saturated rings. The van der Waals surface area contributed by atoms with E-state index < -0.39 is 25.9 Å². The van der Waals surface area contributed by atoms with Crippen molar-refractivity contribution in [2.45, 2.75) is 9.79 Å². The zero-order valence-corrected chi connectivity index (χ0v) is 23.7. The van der Waals surface area contributed by atoms with Crippen LogP contribution in [0.1, 0.15) is 0 Å². The quantitative estimate of drug-likeness (QED) is 0.310. The summed E-state index contributed by atoms with van der Waals surface area (Å²) in [4.78, 5) is 4.36. The van der Waals surface area contributed by atoms with Gasteiger partial charge < -0.3 is 5.32 Å². The fourth-order valence-electron chi connectivity index (χ4n) is 4.18. The molecule has 0 bridgehead atoms. The molecule has 1 aliphatic rings. The van der Waals surface area contributed by atoms with E-state index in [1.807, 2.05) is 12.1 Å². The zero-order valence-electron chi connectivity index (χ0n) is 19.7. The molecule has 1 saturated heterocycles. The molecule has 38 heavy (non-hydrogen) atoms. The second kappa shape index (κ2) is 10.5. The van der Waals surface area contributed by atoms with Crippen LogP contribution < -0.4 is 5.32 Å². The normalized spacial score (nSPS) is 15.6. The monoisotopic (exact) mass is 638 g/mol. The molecule has 0 unspecified atom stereocenters. The van der Waals surface area contributed by atoms with Crippen LogP contribution in [0.5, 0.6) is 0 Å². The lowest BCUT2D eigenvalue weighted by Gasteiger charge is -2.33. The number of nitrogens with zero attached hydrogens (tertiary/aromatic N) is 3. The smallest absolute Gasteiger partial charge is 0.243 e. The summed E-state index contributed by atoms with van der Waals surface area (Å²) < 4.78 is 68.5. The Kier molecular flexibility index (Phi) is 7.46. The van der Waals surface area contributed by atoms with E-state index in [9.17, 15) is 21.2 Å². The molecule has 0 amide bonds. The topological polar surface area (TPSA) is 99.7 Å². The van der Waals surface area contributed by atoms with Gasteiger partial charge in [0.2, 0.25) is 20.0 Å². The Morgan fingerprint density at radius 3 is 2.05 bits per heavy atom. The van der Waals surface area contributed by atoms with Crippen molar-refractivity contribution in [3.63, 3.8) is 0 Å². The van der Waals surface area contributed by atoms with Gasteiger partial charge in [0.15, 0.2) is 0 Å². The van der Waals surface area contributed by atoms with Gasteiger partial charge in [0.05, 0.1) is 19.8 Å². The number of hydrogen-bond donors (Lipinski definition) is 1. The van der Waals surface area contributed by atoms with Crippen LogP contribution in [0.15, 0.2) is 87.2 Å². The van der Waals surface area contributed by atoms with Crippen LogP contribution >= 0.6 is 27.5 Å². The number of sulfonamides is 2. The van der Waals surface area contributed by atoms with Crippen LogP contribution in [0.2, 0.25) is 5.02 Å². The molecule has 4 aromatic rings. The summed E-state index contributed by atoms with van der Waals surface area (Å²) in [5, 5.41) is 4.73. The molecule has 0 aliphatic carbocycles. The third-order valence-corrected chi connectivity index (χ3v) is 10.9. The molecule has 1 aliphatic heterocycles. The molecule has 8 nitrogen and oxygen atoms in total. The van der Waals surface area contributed by atoms with E-state index in [1.165, 1.54) is 32.9 Å². The standard InChI is InChI=1S/C25H21BrClFN4O4S2/c26-22-16-20(6-8-23(22)28)38(35,36)32-13-11-31(12-14-32)37(33,34)19-4-2-18(3-5-19)30-24-9-10-29-25-15-17(27)1-7-21(24)25/h1-10,15-16H,11-14H2,(H,29,30). The zero-order chi connectivity index (χ0) is 27.1. The molecule has 198 valence electrons. The van der Waals surface area contributed by atoms with Crippen molar-refractivity contribution < 1.29 is 21.2 Å². The second-order valence-corrected chi connectivity index (χ2v) is 13.7. The molecule has 3 aromatic carbocycles. The first kappa shape index (κ1) is 27.0. The van der Waals surface area contributed by atoms with Gasteiger partial charge in [-0.1, -0.05) is 11.6 Å². The maximum atomic E-state index is 13.5. The van der Waals surface area contributed by atoms with Crippen molar-refractivity contribution >= 4 is 69.9 Å². The number of nitrogens with one attached hydrogen (secondary N) is 1. The summed E-state index contributed by atoms with van der Waals surface area (Å²) in [7, 11) is -7.73. The molecule has 0 atom stereocenters. The molecular weight excluding hydrogens is 619 g/mol. The number of hydrogen-bond acceptors (Lipinski definition) is 6. The van der Waals surface area contributed by atoms with E-state index in [-0.39, 0.29) is 40.4 Å². The Morgan fingerprint density at radius 2 is 1.42 bits per heavy atom. The van der Waals surface area contributed by atoms with Crippen LogP contribution in [0.3, 0.4) is 0 Å². The molecular formula is C25H21BrClFN4O4S2. The van der Waals surface area contributed by atoms with Crippen molar-refractivity contribution in [3.05, 3.63) is 88.2 Å². The first-order valence-electron chi connectivity index (χ1n) is 11.4. The van der Waals surface area contributed by atoms with Gasteiger partial charge in [0.1, 0.15) is 5.82 Å². The number of benzene rings is 3. The Bertz CT molecular complexity index is 1730. The maximum Gasteiger partial charge on any atom is 0.243 e. The van der Waals surface area contributed by atoms with Gasteiger partial charge in [-0.05, 0) is 82.7 Å². The third-order valence-electron chi connectivity index (χ3n) is 6.20. The lowest BCUT2D eigenvalue weighted by atomic mass is 10.2. The van der Waals surface area contributed by atoms with Crippen molar-refractivity contribution in [1.82, 2.24) is 13.6 Å². The summed E-state index contributed by atoms with van der Waals surface area (Å²) >= 11 is 9.06. The van der Waals surface area contributed by atoms with Crippen LogP contribution in [0.4, 0.5) is 15.8 Å². The Labute approximate surface area is 233 Å². The van der Waals surface area contributed by atoms with E-state index in [0.29, 0.717) is 10.7 Å². The van der Waals surface area contributed by atoms with E-state index in [1.54, 1.807) is 30.5 Å². The van der Waals surface area contributed by atoms with Gasteiger partial charge in [-0.2, -0.15) is 8.61 Å². The number of piperazine rings is 1.